The van der Waals surface area contributed by atoms with E-state index in [1.54, 1.807) is 24.3 Å². The molecule has 28 heavy (non-hydrogen) atoms. The zero-order valence-corrected chi connectivity index (χ0v) is 15.8. The average Bonchev–Trinajstić information content (AvgIpc) is 3.10. The zero-order chi connectivity index (χ0) is 19.3. The number of ether oxygens (including phenoxy) is 1. The van der Waals surface area contributed by atoms with Crippen molar-refractivity contribution in [3.05, 3.63) is 24.0 Å². The van der Waals surface area contributed by atoms with E-state index in [1.807, 2.05) is 11.5 Å². The van der Waals surface area contributed by atoms with Crippen LogP contribution in [0.3, 0.4) is 0 Å². The number of imidazole rings is 1. The smallest absolute Gasteiger partial charge is 0.289 e. The fraction of sp³-hybridized carbons (Fsp3) is 0.444. The van der Waals surface area contributed by atoms with Gasteiger partial charge in [-0.3, -0.25) is 4.79 Å². The monoisotopic (exact) mass is 380 g/mol. The number of anilines is 1. The number of carbonyl (C=O) groups is 1. The van der Waals surface area contributed by atoms with E-state index in [0.29, 0.717) is 68.0 Å². The molecule has 0 atom stereocenters. The number of amides is 1. The van der Waals surface area contributed by atoms with Gasteiger partial charge in [0.15, 0.2) is 22.8 Å². The van der Waals surface area contributed by atoms with Gasteiger partial charge in [0.25, 0.3) is 5.91 Å². The molecule has 10 heteroatoms. The SMILES string of the molecule is Cc1ncc(-c2nc(N3CCOCC3)c3nc4n(c3n2)CCN(C)C4=O)cn1. The van der Waals surface area contributed by atoms with Crippen LogP contribution in [0.1, 0.15) is 16.4 Å². The highest BCUT2D eigenvalue weighted by molar-refractivity contribution is 5.97. The van der Waals surface area contributed by atoms with E-state index in [2.05, 4.69) is 19.9 Å². The lowest BCUT2D eigenvalue weighted by molar-refractivity contribution is 0.0743. The summed E-state index contributed by atoms with van der Waals surface area (Å²) in [5, 5.41) is 0. The second kappa shape index (κ2) is 6.48. The number of morpholine rings is 1. The van der Waals surface area contributed by atoms with Crippen LogP contribution in [0, 0.1) is 6.92 Å². The van der Waals surface area contributed by atoms with Gasteiger partial charge in [-0.1, -0.05) is 0 Å². The summed E-state index contributed by atoms with van der Waals surface area (Å²) in [5.41, 5.74) is 2.05. The van der Waals surface area contributed by atoms with Crippen molar-refractivity contribution in [1.29, 1.82) is 0 Å². The maximum Gasteiger partial charge on any atom is 0.289 e. The number of likely N-dealkylation sites (N-methyl/N-ethyl adjacent to an activating group) is 1. The first-order valence-corrected chi connectivity index (χ1v) is 9.27. The third-order valence-corrected chi connectivity index (χ3v) is 5.12. The maximum atomic E-state index is 12.6. The molecule has 0 unspecified atom stereocenters. The third kappa shape index (κ3) is 2.68. The van der Waals surface area contributed by atoms with Gasteiger partial charge in [-0.25, -0.2) is 24.9 Å². The Labute approximate surface area is 161 Å². The average molecular weight is 380 g/mol. The summed E-state index contributed by atoms with van der Waals surface area (Å²) in [5.74, 6) is 2.25. The van der Waals surface area contributed by atoms with E-state index in [1.165, 1.54) is 0 Å². The molecule has 0 N–H and O–H groups in total. The first-order valence-electron chi connectivity index (χ1n) is 9.27. The Balaban J connectivity index is 1.73. The molecule has 2 aliphatic heterocycles. The Hall–Kier alpha value is -3.14. The zero-order valence-electron chi connectivity index (χ0n) is 15.8. The summed E-state index contributed by atoms with van der Waals surface area (Å²) in [7, 11) is 1.79. The fourth-order valence-corrected chi connectivity index (χ4v) is 3.52. The summed E-state index contributed by atoms with van der Waals surface area (Å²) in [6.07, 6.45) is 3.44. The highest BCUT2D eigenvalue weighted by atomic mass is 16.5. The molecule has 3 aromatic heterocycles. The number of hydrogen-bond donors (Lipinski definition) is 0. The standard InChI is InChI=1S/C18H20N8O2/c1-11-19-9-12(10-20-11)14-22-15(25-5-7-28-8-6-25)13-16(23-14)26-4-3-24(2)18(27)17(26)21-13/h9-10H,3-8H2,1-2H3. The van der Waals surface area contributed by atoms with Crippen LogP contribution in [0.2, 0.25) is 0 Å². The summed E-state index contributed by atoms with van der Waals surface area (Å²) in [4.78, 5) is 39.1. The van der Waals surface area contributed by atoms with Gasteiger partial charge in [-0.05, 0) is 6.92 Å². The van der Waals surface area contributed by atoms with E-state index in [-0.39, 0.29) is 5.91 Å². The summed E-state index contributed by atoms with van der Waals surface area (Å²) in [6.45, 7) is 5.79. The number of carbonyl (C=O) groups excluding carboxylic acids is 1. The van der Waals surface area contributed by atoms with Crippen LogP contribution in [0.15, 0.2) is 12.4 Å². The van der Waals surface area contributed by atoms with Gasteiger partial charge in [-0.2, -0.15) is 0 Å². The number of nitrogens with zero attached hydrogens (tertiary/aromatic N) is 8. The molecule has 10 nitrogen and oxygen atoms in total. The molecule has 0 bridgehead atoms. The first-order chi connectivity index (χ1) is 13.6. The van der Waals surface area contributed by atoms with Crippen molar-refractivity contribution in [2.24, 2.45) is 0 Å². The van der Waals surface area contributed by atoms with E-state index in [9.17, 15) is 4.79 Å². The number of aryl methyl sites for hydroxylation is 1. The molecule has 5 rings (SSSR count). The molecule has 2 aliphatic rings. The van der Waals surface area contributed by atoms with Crippen LogP contribution in [0.4, 0.5) is 5.82 Å². The number of rotatable bonds is 2. The maximum absolute atomic E-state index is 12.6. The Kier molecular flexibility index (Phi) is 3.93. The summed E-state index contributed by atoms with van der Waals surface area (Å²) in [6, 6.07) is 0. The number of hydrogen-bond acceptors (Lipinski definition) is 8. The van der Waals surface area contributed by atoms with Gasteiger partial charge in [0.05, 0.1) is 18.8 Å². The minimum atomic E-state index is -0.0996. The van der Waals surface area contributed by atoms with Gasteiger partial charge in [0.1, 0.15) is 5.82 Å². The van der Waals surface area contributed by atoms with Crippen molar-refractivity contribution < 1.29 is 9.53 Å². The van der Waals surface area contributed by atoms with Gasteiger partial charge in [0.2, 0.25) is 5.82 Å². The predicted molar refractivity (Wildman–Crippen MR) is 101 cm³/mol. The van der Waals surface area contributed by atoms with E-state index in [0.717, 1.165) is 11.4 Å². The Morgan fingerprint density at radius 2 is 1.75 bits per heavy atom. The molecule has 1 amide bonds. The highest BCUT2D eigenvalue weighted by Crippen LogP contribution is 2.29. The van der Waals surface area contributed by atoms with Crippen LogP contribution in [-0.4, -0.2) is 80.2 Å². The van der Waals surface area contributed by atoms with Gasteiger partial charge < -0.3 is 19.1 Å². The first kappa shape index (κ1) is 17.0. The minimum Gasteiger partial charge on any atom is -0.378 e. The Morgan fingerprint density at radius 3 is 2.50 bits per heavy atom. The van der Waals surface area contributed by atoms with Crippen LogP contribution < -0.4 is 4.90 Å². The van der Waals surface area contributed by atoms with Crippen LogP contribution >= 0.6 is 0 Å². The molecule has 0 radical (unpaired) electrons. The van der Waals surface area contributed by atoms with Crippen molar-refractivity contribution >= 4 is 22.9 Å². The van der Waals surface area contributed by atoms with Crippen molar-refractivity contribution in [2.75, 3.05) is 44.8 Å². The van der Waals surface area contributed by atoms with Crippen molar-refractivity contribution in [1.82, 2.24) is 34.4 Å². The molecule has 144 valence electrons. The van der Waals surface area contributed by atoms with E-state index in [4.69, 9.17) is 14.7 Å². The molecule has 0 aliphatic carbocycles. The van der Waals surface area contributed by atoms with Gasteiger partial charge in [-0.15, -0.1) is 0 Å². The topological polar surface area (TPSA) is 102 Å². The van der Waals surface area contributed by atoms with Crippen molar-refractivity contribution in [3.8, 4) is 11.4 Å². The van der Waals surface area contributed by atoms with Gasteiger partial charge >= 0.3 is 0 Å². The molecular weight excluding hydrogens is 360 g/mol. The van der Waals surface area contributed by atoms with Crippen LogP contribution in [0.25, 0.3) is 22.6 Å². The second-order valence-electron chi connectivity index (χ2n) is 6.98. The highest BCUT2D eigenvalue weighted by Gasteiger charge is 2.30. The van der Waals surface area contributed by atoms with Crippen molar-refractivity contribution in [2.45, 2.75) is 13.5 Å². The lowest BCUT2D eigenvalue weighted by atomic mass is 10.3. The molecule has 0 aromatic carbocycles. The normalized spacial score (nSPS) is 17.3. The lowest BCUT2D eigenvalue weighted by Crippen LogP contribution is -2.37. The van der Waals surface area contributed by atoms with Gasteiger partial charge in [0, 0.05) is 45.6 Å². The fourth-order valence-electron chi connectivity index (χ4n) is 3.52. The molecular formula is C18H20N8O2. The molecule has 3 aromatic rings. The predicted octanol–water partition coefficient (Wildman–Crippen LogP) is 0.514. The molecule has 1 fully saturated rings. The van der Waals surface area contributed by atoms with Crippen molar-refractivity contribution in [3.63, 3.8) is 0 Å². The largest absolute Gasteiger partial charge is 0.378 e. The summed E-state index contributed by atoms with van der Waals surface area (Å²) < 4.78 is 7.37. The lowest BCUT2D eigenvalue weighted by Gasteiger charge is -2.28. The Bertz CT molecular complexity index is 1060. The van der Waals surface area contributed by atoms with Crippen LogP contribution in [-0.2, 0) is 11.3 Å². The third-order valence-electron chi connectivity index (χ3n) is 5.12. The number of aromatic nitrogens is 6. The Morgan fingerprint density at radius 1 is 1.00 bits per heavy atom. The summed E-state index contributed by atoms with van der Waals surface area (Å²) >= 11 is 0. The molecule has 0 saturated carbocycles. The quantitative estimate of drug-likeness (QED) is 0.634. The van der Waals surface area contributed by atoms with Crippen LogP contribution in [0.5, 0.6) is 0 Å². The number of fused-ring (bicyclic) bond motifs is 3. The van der Waals surface area contributed by atoms with E-state index >= 15 is 0 Å². The second-order valence-corrected chi connectivity index (χ2v) is 6.98. The molecule has 0 spiro atoms. The van der Waals surface area contributed by atoms with E-state index < -0.39 is 0 Å². The molecule has 5 heterocycles. The molecule has 1 saturated heterocycles. The minimum absolute atomic E-state index is 0.0996.